The van der Waals surface area contributed by atoms with Crippen molar-refractivity contribution >= 4 is 29.9 Å². The van der Waals surface area contributed by atoms with E-state index in [1.807, 2.05) is 0 Å². The van der Waals surface area contributed by atoms with Crippen LogP contribution in [-0.4, -0.2) is 43.6 Å². The maximum absolute atomic E-state index is 5.96. The van der Waals surface area contributed by atoms with Crippen LogP contribution in [0.2, 0.25) is 0 Å². The summed E-state index contributed by atoms with van der Waals surface area (Å²) in [4.78, 5) is 6.86. The number of hydrogen-bond acceptors (Lipinski definition) is 2. The minimum atomic E-state index is 0. The topological polar surface area (TPSA) is 36.9 Å². The highest BCUT2D eigenvalue weighted by Gasteiger charge is 2.24. The molecule has 1 saturated heterocycles. The van der Waals surface area contributed by atoms with Gasteiger partial charge in [-0.25, -0.2) is 0 Å². The Balaban J connectivity index is 0.00000220. The molecule has 0 aliphatic carbocycles. The molecule has 1 N–H and O–H groups in total. The van der Waals surface area contributed by atoms with Crippen molar-refractivity contribution in [3.8, 4) is 0 Å². The molecule has 0 aromatic heterocycles. The van der Waals surface area contributed by atoms with Gasteiger partial charge in [-0.15, -0.1) is 24.0 Å². The van der Waals surface area contributed by atoms with Crippen LogP contribution in [0.1, 0.15) is 31.1 Å². The number of guanidine groups is 1. The molecule has 1 unspecified atom stereocenters. The van der Waals surface area contributed by atoms with Gasteiger partial charge in [0.05, 0.1) is 13.2 Å². The lowest BCUT2D eigenvalue weighted by Crippen LogP contribution is -2.48. The van der Waals surface area contributed by atoms with Crippen molar-refractivity contribution in [2.24, 2.45) is 4.99 Å². The fourth-order valence-corrected chi connectivity index (χ4v) is 2.55. The van der Waals surface area contributed by atoms with Crippen LogP contribution >= 0.6 is 24.0 Å². The standard InChI is InChI=1S/C16H25N3O.HI/c1-4-17-16(18-5-2)19-10-11-20-15(12-19)14-9-7-6-8-13(14)3;/h6-9,15H,4-5,10-12H2,1-3H3,(H,17,18);1H. The highest BCUT2D eigenvalue weighted by molar-refractivity contribution is 14.0. The maximum Gasteiger partial charge on any atom is 0.194 e. The van der Waals surface area contributed by atoms with E-state index in [2.05, 4.69) is 60.2 Å². The first kappa shape index (κ1) is 18.2. The number of morpholine rings is 1. The van der Waals surface area contributed by atoms with Gasteiger partial charge in [-0.1, -0.05) is 24.3 Å². The second-order valence-corrected chi connectivity index (χ2v) is 4.99. The van der Waals surface area contributed by atoms with Gasteiger partial charge in [0.25, 0.3) is 0 Å². The Morgan fingerprint density at radius 1 is 1.38 bits per heavy atom. The lowest BCUT2D eigenvalue weighted by molar-refractivity contribution is -0.00831. The maximum atomic E-state index is 5.96. The third kappa shape index (κ3) is 4.85. The summed E-state index contributed by atoms with van der Waals surface area (Å²) in [7, 11) is 0. The van der Waals surface area contributed by atoms with Gasteiger partial charge < -0.3 is 15.0 Å². The largest absolute Gasteiger partial charge is 0.370 e. The number of benzene rings is 1. The number of rotatable bonds is 3. The second kappa shape index (κ2) is 9.25. The van der Waals surface area contributed by atoms with Crippen molar-refractivity contribution in [3.63, 3.8) is 0 Å². The van der Waals surface area contributed by atoms with Crippen LogP contribution in [-0.2, 0) is 4.74 Å². The van der Waals surface area contributed by atoms with E-state index in [1.165, 1.54) is 11.1 Å². The van der Waals surface area contributed by atoms with E-state index in [9.17, 15) is 0 Å². The second-order valence-electron chi connectivity index (χ2n) is 4.99. The van der Waals surface area contributed by atoms with E-state index < -0.39 is 0 Å². The molecule has 2 rings (SSSR count). The summed E-state index contributed by atoms with van der Waals surface area (Å²) >= 11 is 0. The Labute approximate surface area is 145 Å². The summed E-state index contributed by atoms with van der Waals surface area (Å²) in [6.07, 6.45) is 0.130. The quantitative estimate of drug-likeness (QED) is 0.479. The van der Waals surface area contributed by atoms with Gasteiger partial charge in [0.1, 0.15) is 6.10 Å². The van der Waals surface area contributed by atoms with Gasteiger partial charge >= 0.3 is 0 Å². The average Bonchev–Trinajstić information content (AvgIpc) is 2.48. The van der Waals surface area contributed by atoms with E-state index in [-0.39, 0.29) is 30.1 Å². The van der Waals surface area contributed by atoms with E-state index in [1.54, 1.807) is 0 Å². The van der Waals surface area contributed by atoms with Crippen molar-refractivity contribution < 1.29 is 4.74 Å². The summed E-state index contributed by atoms with van der Waals surface area (Å²) in [5.74, 6) is 0.997. The molecule has 1 heterocycles. The first-order valence-electron chi connectivity index (χ1n) is 7.46. The Kier molecular flexibility index (Phi) is 8.03. The lowest BCUT2D eigenvalue weighted by Gasteiger charge is -2.35. The zero-order valence-electron chi connectivity index (χ0n) is 13.1. The predicted octanol–water partition coefficient (Wildman–Crippen LogP) is 2.97. The number of nitrogens with zero attached hydrogens (tertiary/aromatic N) is 2. The fraction of sp³-hybridized carbons (Fsp3) is 0.562. The average molecular weight is 403 g/mol. The normalized spacial score (nSPS) is 19.1. The van der Waals surface area contributed by atoms with Gasteiger partial charge in [-0.05, 0) is 31.9 Å². The lowest BCUT2D eigenvalue weighted by atomic mass is 10.0. The first-order chi connectivity index (χ1) is 9.76. The van der Waals surface area contributed by atoms with Crippen LogP contribution in [0.4, 0.5) is 0 Å². The van der Waals surface area contributed by atoms with Crippen molar-refractivity contribution in [1.29, 1.82) is 0 Å². The Morgan fingerprint density at radius 2 is 2.14 bits per heavy atom. The predicted molar refractivity (Wildman–Crippen MR) is 98.5 cm³/mol. The highest BCUT2D eigenvalue weighted by Crippen LogP contribution is 2.24. The summed E-state index contributed by atoms with van der Waals surface area (Å²) in [5, 5.41) is 3.36. The van der Waals surface area contributed by atoms with Gasteiger partial charge in [-0.3, -0.25) is 4.99 Å². The van der Waals surface area contributed by atoms with Crippen molar-refractivity contribution in [2.75, 3.05) is 32.8 Å². The first-order valence-corrected chi connectivity index (χ1v) is 7.46. The van der Waals surface area contributed by atoms with Gasteiger partial charge in [-0.2, -0.15) is 0 Å². The van der Waals surface area contributed by atoms with Crippen LogP contribution in [0.25, 0.3) is 0 Å². The number of aliphatic imine (C=N–C) groups is 1. The van der Waals surface area contributed by atoms with Crippen molar-refractivity contribution in [1.82, 2.24) is 10.2 Å². The highest BCUT2D eigenvalue weighted by atomic mass is 127. The Hall–Kier alpha value is -0.820. The minimum absolute atomic E-state index is 0. The summed E-state index contributed by atoms with van der Waals surface area (Å²) in [6, 6.07) is 8.45. The summed E-state index contributed by atoms with van der Waals surface area (Å²) < 4.78 is 5.96. The van der Waals surface area contributed by atoms with Crippen LogP contribution in [0.15, 0.2) is 29.3 Å². The Morgan fingerprint density at radius 3 is 2.81 bits per heavy atom. The van der Waals surface area contributed by atoms with Crippen LogP contribution in [0, 0.1) is 6.92 Å². The third-order valence-corrected chi connectivity index (χ3v) is 3.54. The monoisotopic (exact) mass is 403 g/mol. The number of halogens is 1. The van der Waals surface area contributed by atoms with E-state index in [0.29, 0.717) is 0 Å². The van der Waals surface area contributed by atoms with Crippen molar-refractivity contribution in [3.05, 3.63) is 35.4 Å². The summed E-state index contributed by atoms with van der Waals surface area (Å²) in [5.41, 5.74) is 2.57. The van der Waals surface area contributed by atoms with E-state index >= 15 is 0 Å². The molecule has 0 amide bonds. The fourth-order valence-electron chi connectivity index (χ4n) is 2.55. The molecule has 118 valence electrons. The molecule has 1 aliphatic heterocycles. The summed E-state index contributed by atoms with van der Waals surface area (Å²) in [6.45, 7) is 10.5. The molecule has 0 bridgehead atoms. The molecule has 21 heavy (non-hydrogen) atoms. The Bertz CT molecular complexity index is 465. The van der Waals surface area contributed by atoms with Gasteiger partial charge in [0, 0.05) is 19.6 Å². The zero-order valence-corrected chi connectivity index (χ0v) is 15.5. The number of aryl methyl sites for hydroxylation is 1. The zero-order chi connectivity index (χ0) is 14.4. The van der Waals surface area contributed by atoms with Crippen LogP contribution < -0.4 is 5.32 Å². The SMILES string of the molecule is CCN=C(NCC)N1CCOC(c2ccccc2C)C1.I. The third-order valence-electron chi connectivity index (χ3n) is 3.54. The molecular weight excluding hydrogens is 377 g/mol. The molecule has 0 spiro atoms. The van der Waals surface area contributed by atoms with Gasteiger partial charge in [0.2, 0.25) is 0 Å². The molecule has 5 heteroatoms. The molecule has 1 aliphatic rings. The van der Waals surface area contributed by atoms with E-state index in [4.69, 9.17) is 4.74 Å². The molecule has 0 radical (unpaired) electrons. The molecule has 4 nitrogen and oxygen atoms in total. The minimum Gasteiger partial charge on any atom is -0.370 e. The molecule has 1 fully saturated rings. The van der Waals surface area contributed by atoms with Gasteiger partial charge in [0.15, 0.2) is 5.96 Å². The molecule has 1 atom stereocenters. The number of nitrogens with one attached hydrogen (secondary N) is 1. The van der Waals surface area contributed by atoms with E-state index in [0.717, 1.165) is 38.7 Å². The van der Waals surface area contributed by atoms with Crippen LogP contribution in [0.5, 0.6) is 0 Å². The molecule has 0 saturated carbocycles. The number of hydrogen-bond donors (Lipinski definition) is 1. The van der Waals surface area contributed by atoms with Crippen molar-refractivity contribution in [2.45, 2.75) is 26.9 Å². The van der Waals surface area contributed by atoms with Crippen LogP contribution in [0.3, 0.4) is 0 Å². The number of ether oxygens (including phenoxy) is 1. The molecule has 1 aromatic rings. The molecular formula is C16H26IN3O. The molecule has 1 aromatic carbocycles. The smallest absolute Gasteiger partial charge is 0.194 e.